The number of halogens is 1. The van der Waals surface area contributed by atoms with E-state index in [1.54, 1.807) is 37.4 Å². The van der Waals surface area contributed by atoms with Crippen molar-refractivity contribution < 1.29 is 27.7 Å². The van der Waals surface area contributed by atoms with Crippen LogP contribution in [0.5, 0.6) is 5.75 Å². The molecule has 0 spiro atoms. The molecule has 8 heteroatoms. The molecule has 0 saturated heterocycles. The summed E-state index contributed by atoms with van der Waals surface area (Å²) in [4.78, 5) is 26.2. The number of fused-ring (bicyclic) bond motifs is 1. The van der Waals surface area contributed by atoms with Crippen LogP contribution in [0.25, 0.3) is 33.4 Å². The Balaban J connectivity index is 1.58. The molecule has 1 N–H and O–H groups in total. The van der Waals surface area contributed by atoms with E-state index < -0.39 is 0 Å². The highest BCUT2D eigenvalue weighted by Crippen LogP contribution is 2.37. The molecular formula is C33H31FN2O5. The van der Waals surface area contributed by atoms with Gasteiger partial charge in [0.05, 0.1) is 5.56 Å². The second kappa shape index (κ2) is 11.8. The molecule has 0 bridgehead atoms. The summed E-state index contributed by atoms with van der Waals surface area (Å²) in [5.74, 6) is 1.26. The number of aryl methyl sites for hydroxylation is 1. The fourth-order valence-corrected chi connectivity index (χ4v) is 4.65. The van der Waals surface area contributed by atoms with E-state index in [9.17, 15) is 14.0 Å². The first-order chi connectivity index (χ1) is 19.7. The minimum atomic E-state index is -0.381. The number of furan rings is 1. The number of ketones is 1. The van der Waals surface area contributed by atoms with Gasteiger partial charge in [0.25, 0.3) is 5.91 Å². The lowest BCUT2D eigenvalue weighted by Crippen LogP contribution is -2.18. The number of hydrogen-bond acceptors (Lipinski definition) is 6. The van der Waals surface area contributed by atoms with Gasteiger partial charge in [-0.2, -0.15) is 0 Å². The highest BCUT2D eigenvalue weighted by Gasteiger charge is 2.22. The molecule has 5 aromatic rings. The number of ether oxygens (including phenoxy) is 1. The maximum Gasteiger partial charge on any atom is 0.255 e. The van der Waals surface area contributed by atoms with Crippen LogP contribution in [0.15, 0.2) is 75.7 Å². The Morgan fingerprint density at radius 1 is 0.976 bits per heavy atom. The van der Waals surface area contributed by atoms with E-state index in [2.05, 4.69) is 24.3 Å². The number of carbonyl (C=O) groups excluding carboxylic acids is 2. The van der Waals surface area contributed by atoms with E-state index >= 15 is 0 Å². The number of nitrogens with zero attached hydrogens (tertiary/aromatic N) is 1. The van der Waals surface area contributed by atoms with Crippen LogP contribution < -0.4 is 10.1 Å². The molecule has 0 aliphatic rings. The van der Waals surface area contributed by atoms with Crippen LogP contribution in [0.2, 0.25) is 0 Å². The summed E-state index contributed by atoms with van der Waals surface area (Å²) in [5, 5.41) is 7.26. The van der Waals surface area contributed by atoms with Crippen molar-refractivity contribution in [3.05, 3.63) is 95.1 Å². The van der Waals surface area contributed by atoms with Crippen LogP contribution in [0.4, 0.5) is 4.39 Å². The van der Waals surface area contributed by atoms with Gasteiger partial charge in [0.1, 0.15) is 41.0 Å². The zero-order valence-electron chi connectivity index (χ0n) is 23.4. The highest BCUT2D eigenvalue weighted by molar-refractivity contribution is 6.12. The van der Waals surface area contributed by atoms with Crippen LogP contribution in [-0.2, 0) is 6.61 Å². The van der Waals surface area contributed by atoms with Gasteiger partial charge in [-0.05, 0) is 85.0 Å². The molecule has 3 aromatic carbocycles. The lowest BCUT2D eigenvalue weighted by molar-refractivity contribution is 0.0960. The third kappa shape index (κ3) is 6.22. The van der Waals surface area contributed by atoms with Gasteiger partial charge in [-0.3, -0.25) is 9.59 Å². The number of hydrogen-bond donors (Lipinski definition) is 1. The molecule has 210 valence electrons. The smallest absolute Gasteiger partial charge is 0.255 e. The molecule has 2 aromatic heterocycles. The number of nitrogens with one attached hydrogen (secondary N) is 1. The summed E-state index contributed by atoms with van der Waals surface area (Å²) in [5.41, 5.74) is 4.14. The first-order valence-electron chi connectivity index (χ1n) is 13.5. The topological polar surface area (TPSA) is 94.6 Å². The number of Topliss-reactive ketones (excluding diaryl/α,β-unsaturated/α-hetero) is 1. The standard InChI is InChI=1S/C33H31FN2O5/c1-19(2)5-11-29(37)24-14-23(15-27(16-24)39-18-26-13-20(3)41-36-26)22-8-12-30-28(17-22)31(33(38)35-4)32(40-30)21-6-9-25(34)10-7-21/h6-10,12-17,19H,5,11,18H2,1-4H3,(H,35,38). The SMILES string of the molecule is CNC(=O)c1c(-c2ccc(F)cc2)oc2ccc(-c3cc(OCc4cc(C)on4)cc(C(=O)CCC(C)C)c3)cc12. The first-order valence-corrected chi connectivity index (χ1v) is 13.5. The van der Waals surface area contributed by atoms with E-state index in [1.807, 2.05) is 31.2 Å². The van der Waals surface area contributed by atoms with Crippen LogP contribution in [-0.4, -0.2) is 23.9 Å². The minimum absolute atomic E-state index is 0.0247. The molecule has 0 aliphatic heterocycles. The van der Waals surface area contributed by atoms with Crippen molar-refractivity contribution in [3.63, 3.8) is 0 Å². The molecule has 0 fully saturated rings. The average Bonchev–Trinajstić information content (AvgIpc) is 3.57. The van der Waals surface area contributed by atoms with Gasteiger partial charge in [-0.15, -0.1) is 0 Å². The number of rotatable bonds is 10. The van der Waals surface area contributed by atoms with E-state index in [4.69, 9.17) is 13.7 Å². The number of amides is 1. The van der Waals surface area contributed by atoms with Crippen LogP contribution in [0.3, 0.4) is 0 Å². The molecule has 0 radical (unpaired) electrons. The molecule has 5 rings (SSSR count). The summed E-state index contributed by atoms with van der Waals surface area (Å²) in [6, 6.07) is 18.6. The van der Waals surface area contributed by atoms with Crippen molar-refractivity contribution in [2.45, 2.75) is 40.2 Å². The molecule has 2 heterocycles. The zero-order valence-corrected chi connectivity index (χ0v) is 23.4. The van der Waals surface area contributed by atoms with Gasteiger partial charge in [0, 0.05) is 36.0 Å². The van der Waals surface area contributed by atoms with Gasteiger partial charge < -0.3 is 19.0 Å². The van der Waals surface area contributed by atoms with Gasteiger partial charge in [-0.25, -0.2) is 4.39 Å². The van der Waals surface area contributed by atoms with E-state index in [0.717, 1.165) is 17.5 Å². The third-order valence-electron chi connectivity index (χ3n) is 6.82. The Bertz CT molecular complexity index is 1720. The second-order valence-electron chi connectivity index (χ2n) is 10.4. The first kappa shape index (κ1) is 27.8. The van der Waals surface area contributed by atoms with Crippen molar-refractivity contribution in [1.82, 2.24) is 10.5 Å². The Labute approximate surface area is 237 Å². The van der Waals surface area contributed by atoms with Crippen molar-refractivity contribution in [1.29, 1.82) is 0 Å². The quantitative estimate of drug-likeness (QED) is 0.177. The largest absolute Gasteiger partial charge is 0.487 e. The summed E-state index contributed by atoms with van der Waals surface area (Å²) in [7, 11) is 1.55. The molecule has 1 amide bonds. The molecule has 0 aliphatic carbocycles. The monoisotopic (exact) mass is 554 g/mol. The molecule has 7 nitrogen and oxygen atoms in total. The summed E-state index contributed by atoms with van der Waals surface area (Å²) in [6.45, 7) is 6.16. The van der Waals surface area contributed by atoms with Crippen LogP contribution in [0, 0.1) is 18.7 Å². The van der Waals surface area contributed by atoms with E-state index in [1.165, 1.54) is 12.1 Å². The molecule has 41 heavy (non-hydrogen) atoms. The van der Waals surface area contributed by atoms with Crippen molar-refractivity contribution >= 4 is 22.7 Å². The molecular weight excluding hydrogens is 523 g/mol. The third-order valence-corrected chi connectivity index (χ3v) is 6.82. The van der Waals surface area contributed by atoms with E-state index in [-0.39, 0.29) is 24.1 Å². The van der Waals surface area contributed by atoms with E-state index in [0.29, 0.717) is 63.0 Å². The Kier molecular flexibility index (Phi) is 8.01. The molecule has 0 atom stereocenters. The predicted molar refractivity (Wildman–Crippen MR) is 154 cm³/mol. The lowest BCUT2D eigenvalue weighted by atomic mass is 9.96. The summed E-state index contributed by atoms with van der Waals surface area (Å²) in [6.07, 6.45) is 1.20. The Hall–Kier alpha value is -4.72. The number of carbonyl (C=O) groups is 2. The molecule has 0 unspecified atom stereocenters. The zero-order chi connectivity index (χ0) is 29.1. The normalized spacial score (nSPS) is 11.3. The maximum atomic E-state index is 13.6. The van der Waals surface area contributed by atoms with Gasteiger partial charge in [0.15, 0.2) is 5.78 Å². The highest BCUT2D eigenvalue weighted by atomic mass is 19.1. The fraction of sp³-hybridized carbons (Fsp3) is 0.242. The average molecular weight is 555 g/mol. The Morgan fingerprint density at radius 3 is 2.41 bits per heavy atom. The maximum absolute atomic E-state index is 13.6. The van der Waals surface area contributed by atoms with Gasteiger partial charge in [0.2, 0.25) is 0 Å². The van der Waals surface area contributed by atoms with Crippen molar-refractivity contribution in [3.8, 4) is 28.2 Å². The predicted octanol–water partition coefficient (Wildman–Crippen LogP) is 7.76. The number of benzene rings is 3. The van der Waals surface area contributed by atoms with Gasteiger partial charge in [-0.1, -0.05) is 25.1 Å². The van der Waals surface area contributed by atoms with Crippen LogP contribution in [0.1, 0.15) is 58.9 Å². The Morgan fingerprint density at radius 2 is 1.73 bits per heavy atom. The van der Waals surface area contributed by atoms with Crippen molar-refractivity contribution in [2.75, 3.05) is 7.05 Å². The second-order valence-corrected chi connectivity index (χ2v) is 10.4. The summed E-state index contributed by atoms with van der Waals surface area (Å²) < 4.78 is 30.8. The summed E-state index contributed by atoms with van der Waals surface area (Å²) >= 11 is 0. The van der Waals surface area contributed by atoms with Crippen LogP contribution >= 0.6 is 0 Å². The fourth-order valence-electron chi connectivity index (χ4n) is 4.65. The minimum Gasteiger partial charge on any atom is -0.487 e. The van der Waals surface area contributed by atoms with Gasteiger partial charge >= 0.3 is 0 Å². The number of aromatic nitrogens is 1. The molecule has 0 saturated carbocycles. The lowest BCUT2D eigenvalue weighted by Gasteiger charge is -2.12. The van der Waals surface area contributed by atoms with Crippen molar-refractivity contribution in [2.24, 2.45) is 5.92 Å².